The van der Waals surface area contributed by atoms with Crippen LogP contribution in [0, 0.1) is 23.7 Å². The molecular formula is C17H24N2O2. The van der Waals surface area contributed by atoms with Crippen molar-refractivity contribution in [3.63, 3.8) is 0 Å². The number of nitrogens with zero attached hydrogens (tertiary/aromatic N) is 1. The summed E-state index contributed by atoms with van der Waals surface area (Å²) in [7, 11) is 0. The molecule has 0 aromatic rings. The van der Waals surface area contributed by atoms with Crippen LogP contribution in [-0.2, 0) is 9.59 Å². The van der Waals surface area contributed by atoms with Crippen molar-refractivity contribution in [1.82, 2.24) is 10.2 Å². The summed E-state index contributed by atoms with van der Waals surface area (Å²) in [5, 5.41) is 2.96. The lowest BCUT2D eigenvalue weighted by Crippen LogP contribution is -2.69. The summed E-state index contributed by atoms with van der Waals surface area (Å²) in [5.74, 6) is 3.16. The highest BCUT2D eigenvalue weighted by Gasteiger charge is 2.57. The minimum atomic E-state index is -0.209. The smallest absolute Gasteiger partial charge is 0.246 e. The molecule has 1 atom stereocenters. The van der Waals surface area contributed by atoms with Crippen LogP contribution in [0.2, 0.25) is 0 Å². The summed E-state index contributed by atoms with van der Waals surface area (Å²) in [6.07, 6.45) is 9.82. The summed E-state index contributed by atoms with van der Waals surface area (Å²) in [5.41, 5.74) is 0.0384. The van der Waals surface area contributed by atoms with E-state index >= 15 is 0 Å². The Morgan fingerprint density at radius 2 is 1.52 bits per heavy atom. The molecule has 1 heterocycles. The molecule has 1 aliphatic heterocycles. The van der Waals surface area contributed by atoms with Gasteiger partial charge in [0.15, 0.2) is 0 Å². The highest BCUT2D eigenvalue weighted by atomic mass is 16.2. The van der Waals surface area contributed by atoms with Gasteiger partial charge in [0.1, 0.15) is 12.6 Å². The van der Waals surface area contributed by atoms with E-state index in [1.165, 1.54) is 19.3 Å². The van der Waals surface area contributed by atoms with Crippen molar-refractivity contribution in [2.75, 3.05) is 6.54 Å². The molecule has 21 heavy (non-hydrogen) atoms. The fourth-order valence-corrected chi connectivity index (χ4v) is 6.22. The molecule has 4 heteroatoms. The third-order valence-corrected chi connectivity index (χ3v) is 6.82. The van der Waals surface area contributed by atoms with Gasteiger partial charge in [-0.2, -0.15) is 0 Å². The summed E-state index contributed by atoms with van der Waals surface area (Å²) in [4.78, 5) is 27.2. The summed E-state index contributed by atoms with van der Waals surface area (Å²) in [6.45, 7) is 0.314. The summed E-state index contributed by atoms with van der Waals surface area (Å²) < 4.78 is 0. The number of amides is 2. The Bertz CT molecular complexity index is 476. The van der Waals surface area contributed by atoms with E-state index in [-0.39, 0.29) is 23.4 Å². The van der Waals surface area contributed by atoms with Crippen molar-refractivity contribution in [2.24, 2.45) is 23.7 Å². The molecule has 0 radical (unpaired) electrons. The fourth-order valence-electron chi connectivity index (χ4n) is 6.22. The first-order valence-electron chi connectivity index (χ1n) is 8.74. The monoisotopic (exact) mass is 288 g/mol. The van der Waals surface area contributed by atoms with E-state index in [0.717, 1.165) is 49.9 Å². The van der Waals surface area contributed by atoms with Crippen molar-refractivity contribution >= 4 is 11.8 Å². The Balaban J connectivity index is 1.48. The van der Waals surface area contributed by atoms with Gasteiger partial charge in [-0.15, -0.1) is 0 Å². The van der Waals surface area contributed by atoms with E-state index in [4.69, 9.17) is 0 Å². The number of carbonyl (C=O) groups excluding carboxylic acids is 2. The Labute approximate surface area is 125 Å². The van der Waals surface area contributed by atoms with Gasteiger partial charge in [0.05, 0.1) is 0 Å². The van der Waals surface area contributed by atoms with E-state index in [2.05, 4.69) is 5.32 Å². The van der Waals surface area contributed by atoms with Crippen molar-refractivity contribution in [1.29, 1.82) is 0 Å². The van der Waals surface area contributed by atoms with Gasteiger partial charge in [-0.3, -0.25) is 9.59 Å². The summed E-state index contributed by atoms with van der Waals surface area (Å²) >= 11 is 0. The van der Waals surface area contributed by atoms with Crippen LogP contribution in [-0.4, -0.2) is 34.8 Å². The van der Waals surface area contributed by atoms with Crippen LogP contribution in [0.15, 0.2) is 0 Å². The molecule has 6 aliphatic rings. The minimum Gasteiger partial charge on any atom is -0.342 e. The molecule has 114 valence electrons. The predicted octanol–water partition coefficient (Wildman–Crippen LogP) is 1.69. The maximum atomic E-state index is 13.0. The van der Waals surface area contributed by atoms with E-state index in [1.54, 1.807) is 0 Å². The van der Waals surface area contributed by atoms with E-state index in [0.29, 0.717) is 12.5 Å². The van der Waals surface area contributed by atoms with E-state index < -0.39 is 0 Å². The number of hydrogen-bond donors (Lipinski definition) is 1. The average molecular weight is 288 g/mol. The van der Waals surface area contributed by atoms with Gasteiger partial charge in [0.25, 0.3) is 0 Å². The highest BCUT2D eigenvalue weighted by molar-refractivity contribution is 5.95. The number of piperazine rings is 1. The van der Waals surface area contributed by atoms with Gasteiger partial charge in [0.2, 0.25) is 11.8 Å². The highest BCUT2D eigenvalue weighted by Crippen LogP contribution is 2.58. The molecule has 5 aliphatic carbocycles. The minimum absolute atomic E-state index is 0.0384. The SMILES string of the molecule is O=C1CN(C23CC4CC(CC(C4)C2)C3)C(=O)C(C2CC2)N1. The molecule has 1 unspecified atom stereocenters. The second-order valence-electron chi connectivity index (χ2n) is 8.45. The van der Waals surface area contributed by atoms with Crippen molar-refractivity contribution in [2.45, 2.75) is 62.9 Å². The molecule has 6 rings (SSSR count). The van der Waals surface area contributed by atoms with Crippen molar-refractivity contribution in [3.05, 3.63) is 0 Å². The molecule has 4 bridgehead atoms. The molecule has 2 amide bonds. The second kappa shape index (κ2) is 4.02. The van der Waals surface area contributed by atoms with Gasteiger partial charge in [-0.05, 0) is 75.0 Å². The first-order chi connectivity index (χ1) is 10.1. The molecule has 1 N–H and O–H groups in total. The standard InChI is InChI=1S/C17H24N2O2/c20-14-9-19(16(21)15(18-14)13-1-2-13)17-6-10-3-11(7-17)5-12(4-10)8-17/h10-13,15H,1-9H2,(H,18,20). The normalized spacial score (nSPS) is 48.7. The largest absolute Gasteiger partial charge is 0.342 e. The average Bonchev–Trinajstić information content (AvgIpc) is 3.23. The van der Waals surface area contributed by atoms with E-state index in [1.807, 2.05) is 4.90 Å². The topological polar surface area (TPSA) is 49.4 Å². The lowest BCUT2D eigenvalue weighted by atomic mass is 9.52. The summed E-state index contributed by atoms with van der Waals surface area (Å²) in [6, 6.07) is -0.209. The quantitative estimate of drug-likeness (QED) is 0.840. The fraction of sp³-hybridized carbons (Fsp3) is 0.882. The maximum Gasteiger partial charge on any atom is 0.246 e. The molecule has 0 spiro atoms. The first-order valence-corrected chi connectivity index (χ1v) is 8.74. The van der Waals surface area contributed by atoms with Crippen molar-refractivity contribution < 1.29 is 9.59 Å². The Morgan fingerprint density at radius 1 is 0.952 bits per heavy atom. The van der Waals surface area contributed by atoms with Gasteiger partial charge >= 0.3 is 0 Å². The number of carbonyl (C=O) groups is 2. The number of hydrogen-bond acceptors (Lipinski definition) is 2. The molecule has 0 aromatic carbocycles. The van der Waals surface area contributed by atoms with Crippen LogP contribution in [0.4, 0.5) is 0 Å². The Kier molecular flexibility index (Phi) is 2.39. The van der Waals surface area contributed by atoms with Gasteiger partial charge in [0, 0.05) is 5.54 Å². The third-order valence-electron chi connectivity index (χ3n) is 6.82. The zero-order valence-electron chi connectivity index (χ0n) is 12.5. The zero-order valence-corrected chi connectivity index (χ0v) is 12.5. The third kappa shape index (κ3) is 1.80. The lowest BCUT2D eigenvalue weighted by Gasteiger charge is -2.61. The van der Waals surface area contributed by atoms with Gasteiger partial charge in [-0.1, -0.05) is 0 Å². The van der Waals surface area contributed by atoms with Crippen LogP contribution in [0.1, 0.15) is 51.4 Å². The van der Waals surface area contributed by atoms with Gasteiger partial charge < -0.3 is 10.2 Å². The molecule has 0 aromatic heterocycles. The van der Waals surface area contributed by atoms with Crippen molar-refractivity contribution in [3.8, 4) is 0 Å². The number of nitrogens with one attached hydrogen (secondary N) is 1. The van der Waals surface area contributed by atoms with Crippen LogP contribution < -0.4 is 5.32 Å². The van der Waals surface area contributed by atoms with Crippen LogP contribution >= 0.6 is 0 Å². The van der Waals surface area contributed by atoms with E-state index in [9.17, 15) is 9.59 Å². The lowest BCUT2D eigenvalue weighted by molar-refractivity contribution is -0.163. The molecule has 6 fully saturated rings. The molecule has 5 saturated carbocycles. The molecule has 4 nitrogen and oxygen atoms in total. The van der Waals surface area contributed by atoms with Crippen LogP contribution in [0.25, 0.3) is 0 Å². The Morgan fingerprint density at radius 3 is 2.05 bits per heavy atom. The maximum absolute atomic E-state index is 13.0. The second-order valence-corrected chi connectivity index (χ2v) is 8.45. The first kappa shape index (κ1) is 12.5. The molecule has 1 saturated heterocycles. The Hall–Kier alpha value is -1.06. The van der Waals surface area contributed by atoms with Crippen LogP contribution in [0.3, 0.4) is 0 Å². The van der Waals surface area contributed by atoms with Gasteiger partial charge in [-0.25, -0.2) is 0 Å². The molecular weight excluding hydrogens is 264 g/mol. The predicted molar refractivity (Wildman–Crippen MR) is 77.3 cm³/mol. The zero-order chi connectivity index (χ0) is 14.2. The number of rotatable bonds is 2. The van der Waals surface area contributed by atoms with Crippen LogP contribution in [0.5, 0.6) is 0 Å².